The normalized spacial score (nSPS) is 9.87. The second kappa shape index (κ2) is 3.74. The van der Waals surface area contributed by atoms with E-state index in [1.54, 1.807) is 6.07 Å². The summed E-state index contributed by atoms with van der Waals surface area (Å²) in [5.41, 5.74) is -0.235. The highest BCUT2D eigenvalue weighted by Gasteiger charge is 2.08. The third kappa shape index (κ3) is 2.08. The lowest BCUT2D eigenvalue weighted by Gasteiger charge is -1.99. The Balaban J connectivity index is 2.14. The number of aromatic nitrogens is 4. The van der Waals surface area contributed by atoms with Gasteiger partial charge < -0.3 is 0 Å². The Morgan fingerprint density at radius 1 is 1.27 bits per heavy atom. The molecule has 2 aromatic rings. The predicted octanol–water partition coefficient (Wildman–Crippen LogP) is -0.255. The van der Waals surface area contributed by atoms with Crippen LogP contribution in [0.3, 0.4) is 0 Å². The second-order valence-corrected chi connectivity index (χ2v) is 2.70. The van der Waals surface area contributed by atoms with Crippen molar-refractivity contribution >= 4 is 11.9 Å². The molecule has 0 radical (unpaired) electrons. The Bertz CT molecular complexity index is 515. The fourth-order valence-electron chi connectivity index (χ4n) is 0.987. The number of nitrogens with zero attached hydrogens (tertiary/aromatic N) is 2. The van der Waals surface area contributed by atoms with Gasteiger partial charge in [0.25, 0.3) is 11.5 Å². The standard InChI is InChI=1S/C8H7N5O2/c14-6-4-5(12-13-6)7(15)11-8-9-2-1-3-10-8/h1-4H,(H2,12,13,14)(H,9,10,11,15). The maximum Gasteiger partial charge on any atom is 0.276 e. The first-order chi connectivity index (χ1) is 7.25. The van der Waals surface area contributed by atoms with Crippen LogP contribution in [-0.4, -0.2) is 26.1 Å². The summed E-state index contributed by atoms with van der Waals surface area (Å²) in [6.45, 7) is 0. The quantitative estimate of drug-likeness (QED) is 0.628. The monoisotopic (exact) mass is 205 g/mol. The van der Waals surface area contributed by atoms with Crippen LogP contribution in [-0.2, 0) is 0 Å². The van der Waals surface area contributed by atoms with Crippen molar-refractivity contribution in [3.05, 3.63) is 40.6 Å². The molecule has 0 aliphatic heterocycles. The van der Waals surface area contributed by atoms with E-state index >= 15 is 0 Å². The highest BCUT2D eigenvalue weighted by atomic mass is 16.2. The van der Waals surface area contributed by atoms with Crippen LogP contribution in [0.2, 0.25) is 0 Å². The summed E-state index contributed by atoms with van der Waals surface area (Å²) in [6.07, 6.45) is 3.00. The molecule has 7 heteroatoms. The van der Waals surface area contributed by atoms with Crippen molar-refractivity contribution < 1.29 is 4.79 Å². The predicted molar refractivity (Wildman–Crippen MR) is 51.4 cm³/mol. The molecule has 0 atom stereocenters. The van der Waals surface area contributed by atoms with E-state index in [1.807, 2.05) is 0 Å². The van der Waals surface area contributed by atoms with E-state index in [1.165, 1.54) is 12.4 Å². The van der Waals surface area contributed by atoms with Gasteiger partial charge in [-0.15, -0.1) is 0 Å². The number of aromatic amines is 2. The maximum atomic E-state index is 11.4. The second-order valence-electron chi connectivity index (χ2n) is 2.70. The third-order valence-corrected chi connectivity index (χ3v) is 1.63. The number of carbonyl (C=O) groups excluding carboxylic acids is 1. The molecule has 76 valence electrons. The van der Waals surface area contributed by atoms with E-state index in [-0.39, 0.29) is 17.2 Å². The SMILES string of the molecule is O=C(Nc1ncccn1)c1cc(=O)[nH][nH]1. The van der Waals surface area contributed by atoms with Gasteiger partial charge in [-0.3, -0.25) is 25.1 Å². The molecule has 2 aromatic heterocycles. The molecule has 2 rings (SSSR count). The van der Waals surface area contributed by atoms with Crippen molar-refractivity contribution in [3.8, 4) is 0 Å². The average Bonchev–Trinajstić information content (AvgIpc) is 2.66. The van der Waals surface area contributed by atoms with E-state index in [2.05, 4.69) is 25.5 Å². The van der Waals surface area contributed by atoms with Gasteiger partial charge in [0.2, 0.25) is 5.95 Å². The molecule has 7 nitrogen and oxygen atoms in total. The minimum Gasteiger partial charge on any atom is -0.293 e. The summed E-state index contributed by atoms with van der Waals surface area (Å²) in [5, 5.41) is 7.09. The van der Waals surface area contributed by atoms with Gasteiger partial charge in [-0.1, -0.05) is 0 Å². The molecule has 0 aliphatic rings. The minimum atomic E-state index is -0.473. The fourth-order valence-corrected chi connectivity index (χ4v) is 0.987. The number of carbonyl (C=O) groups is 1. The highest BCUT2D eigenvalue weighted by Crippen LogP contribution is 1.97. The zero-order valence-electron chi connectivity index (χ0n) is 7.52. The summed E-state index contributed by atoms with van der Waals surface area (Å²) in [7, 11) is 0. The van der Waals surface area contributed by atoms with Crippen LogP contribution in [0.1, 0.15) is 10.5 Å². The zero-order valence-corrected chi connectivity index (χ0v) is 7.52. The number of anilines is 1. The van der Waals surface area contributed by atoms with Gasteiger partial charge in [-0.05, 0) is 6.07 Å². The lowest BCUT2D eigenvalue weighted by molar-refractivity contribution is 0.102. The van der Waals surface area contributed by atoms with Gasteiger partial charge in [0.15, 0.2) is 0 Å². The summed E-state index contributed by atoms with van der Waals surface area (Å²) < 4.78 is 0. The Labute approximate surface area is 83.6 Å². The Hall–Kier alpha value is -2.44. The molecule has 0 fully saturated rings. The molecule has 2 heterocycles. The minimum absolute atomic E-state index is 0.132. The molecule has 0 saturated carbocycles. The zero-order chi connectivity index (χ0) is 10.7. The molecule has 0 bridgehead atoms. The van der Waals surface area contributed by atoms with E-state index in [9.17, 15) is 9.59 Å². The van der Waals surface area contributed by atoms with Gasteiger partial charge in [0, 0.05) is 18.5 Å². The first kappa shape index (κ1) is 9.13. The van der Waals surface area contributed by atoms with Gasteiger partial charge in [0.05, 0.1) is 0 Å². The van der Waals surface area contributed by atoms with Crippen molar-refractivity contribution in [2.75, 3.05) is 5.32 Å². The molecule has 0 unspecified atom stereocenters. The molecule has 1 amide bonds. The van der Waals surface area contributed by atoms with Gasteiger partial charge >= 0.3 is 0 Å². The first-order valence-electron chi connectivity index (χ1n) is 4.12. The van der Waals surface area contributed by atoms with Crippen LogP contribution >= 0.6 is 0 Å². The number of hydrogen-bond acceptors (Lipinski definition) is 4. The number of amides is 1. The summed E-state index contributed by atoms with van der Waals surface area (Å²) in [6, 6.07) is 2.78. The van der Waals surface area contributed by atoms with Gasteiger partial charge in [0.1, 0.15) is 5.69 Å². The molecular formula is C8H7N5O2. The van der Waals surface area contributed by atoms with Gasteiger partial charge in [-0.25, -0.2) is 9.97 Å². The Kier molecular flexibility index (Phi) is 2.28. The van der Waals surface area contributed by atoms with Crippen LogP contribution in [0.5, 0.6) is 0 Å². The Morgan fingerprint density at radius 2 is 2.00 bits per heavy atom. The van der Waals surface area contributed by atoms with Crippen molar-refractivity contribution in [2.24, 2.45) is 0 Å². The maximum absolute atomic E-state index is 11.4. The molecular weight excluding hydrogens is 198 g/mol. The molecule has 0 aromatic carbocycles. The number of rotatable bonds is 2. The fraction of sp³-hybridized carbons (Fsp3) is 0. The van der Waals surface area contributed by atoms with Crippen molar-refractivity contribution in [2.45, 2.75) is 0 Å². The van der Waals surface area contributed by atoms with Crippen LogP contribution in [0.15, 0.2) is 29.3 Å². The highest BCUT2D eigenvalue weighted by molar-refractivity contribution is 6.01. The van der Waals surface area contributed by atoms with E-state index in [0.29, 0.717) is 0 Å². The molecule has 3 N–H and O–H groups in total. The molecule has 0 aliphatic carbocycles. The Morgan fingerprint density at radius 3 is 2.60 bits per heavy atom. The molecule has 0 spiro atoms. The molecule has 0 saturated heterocycles. The van der Waals surface area contributed by atoms with Crippen LogP contribution in [0.4, 0.5) is 5.95 Å². The van der Waals surface area contributed by atoms with Crippen LogP contribution in [0, 0.1) is 0 Å². The van der Waals surface area contributed by atoms with Crippen LogP contribution < -0.4 is 10.9 Å². The lowest BCUT2D eigenvalue weighted by atomic mass is 10.4. The number of hydrogen-bond donors (Lipinski definition) is 3. The van der Waals surface area contributed by atoms with Crippen molar-refractivity contribution in [3.63, 3.8) is 0 Å². The van der Waals surface area contributed by atoms with E-state index in [4.69, 9.17) is 0 Å². The third-order valence-electron chi connectivity index (χ3n) is 1.63. The smallest absolute Gasteiger partial charge is 0.276 e. The topological polar surface area (TPSA) is 104 Å². The van der Waals surface area contributed by atoms with Crippen molar-refractivity contribution in [1.82, 2.24) is 20.2 Å². The van der Waals surface area contributed by atoms with E-state index in [0.717, 1.165) is 6.07 Å². The van der Waals surface area contributed by atoms with Crippen molar-refractivity contribution in [1.29, 1.82) is 0 Å². The summed E-state index contributed by atoms with van der Waals surface area (Å²) >= 11 is 0. The molecule has 15 heavy (non-hydrogen) atoms. The number of H-pyrrole nitrogens is 2. The lowest BCUT2D eigenvalue weighted by Crippen LogP contribution is -2.14. The first-order valence-corrected chi connectivity index (χ1v) is 4.12. The average molecular weight is 205 g/mol. The summed E-state index contributed by atoms with van der Waals surface area (Å²) in [5.74, 6) is -0.288. The van der Waals surface area contributed by atoms with Gasteiger partial charge in [-0.2, -0.15) is 0 Å². The number of nitrogens with one attached hydrogen (secondary N) is 3. The largest absolute Gasteiger partial charge is 0.293 e. The van der Waals surface area contributed by atoms with Crippen LogP contribution in [0.25, 0.3) is 0 Å². The summed E-state index contributed by atoms with van der Waals surface area (Å²) in [4.78, 5) is 29.8. The van der Waals surface area contributed by atoms with E-state index < -0.39 is 5.91 Å².